The van der Waals surface area contributed by atoms with Gasteiger partial charge >= 0.3 is 0 Å². The van der Waals surface area contributed by atoms with Crippen LogP contribution in [-0.4, -0.2) is 35.5 Å². The van der Waals surface area contributed by atoms with Crippen LogP contribution in [0.15, 0.2) is 60.8 Å². The second-order valence-electron chi connectivity index (χ2n) is 7.39. The molecule has 1 unspecified atom stereocenters. The Morgan fingerprint density at radius 1 is 1.10 bits per heavy atom. The second-order valence-corrected chi connectivity index (χ2v) is 7.39. The van der Waals surface area contributed by atoms with Gasteiger partial charge in [-0.1, -0.05) is 50.2 Å². The van der Waals surface area contributed by atoms with Crippen molar-refractivity contribution in [3.63, 3.8) is 0 Å². The van der Waals surface area contributed by atoms with Crippen molar-refractivity contribution in [3.8, 4) is 5.75 Å². The lowest BCUT2D eigenvalue weighted by molar-refractivity contribution is -0.128. The van der Waals surface area contributed by atoms with Crippen LogP contribution in [0.1, 0.15) is 37.2 Å². The Balaban J connectivity index is 1.69. The number of ether oxygens (including phenoxy) is 1. The van der Waals surface area contributed by atoms with Gasteiger partial charge in [-0.2, -0.15) is 0 Å². The van der Waals surface area contributed by atoms with Gasteiger partial charge in [-0.15, -0.1) is 0 Å². The molecule has 3 aromatic rings. The normalized spacial score (nSPS) is 15.6. The minimum atomic E-state index is -0.778. The van der Waals surface area contributed by atoms with Crippen molar-refractivity contribution in [2.45, 2.75) is 38.8 Å². The van der Waals surface area contributed by atoms with Gasteiger partial charge in [0.15, 0.2) is 6.10 Å². The maximum absolute atomic E-state index is 13.6. The van der Waals surface area contributed by atoms with Crippen molar-refractivity contribution in [2.24, 2.45) is 0 Å². The zero-order valence-corrected chi connectivity index (χ0v) is 17.2. The zero-order valence-electron chi connectivity index (χ0n) is 17.2. The van der Waals surface area contributed by atoms with E-state index in [1.165, 1.54) is 0 Å². The molecule has 1 aliphatic rings. The van der Waals surface area contributed by atoms with Crippen molar-refractivity contribution in [1.82, 2.24) is 10.3 Å². The Morgan fingerprint density at radius 2 is 1.83 bits per heavy atom. The fourth-order valence-corrected chi connectivity index (χ4v) is 3.77. The van der Waals surface area contributed by atoms with E-state index in [0.717, 1.165) is 23.6 Å². The number of amides is 2. The third kappa shape index (κ3) is 3.73. The molecular formula is C24H25N3O3. The van der Waals surface area contributed by atoms with E-state index in [-0.39, 0.29) is 24.4 Å². The topological polar surface area (TPSA) is 71.5 Å². The maximum atomic E-state index is 13.6. The lowest BCUT2D eigenvalue weighted by Gasteiger charge is -2.34. The van der Waals surface area contributed by atoms with Crippen LogP contribution in [0.3, 0.4) is 0 Å². The zero-order chi connectivity index (χ0) is 21.1. The van der Waals surface area contributed by atoms with Crippen LogP contribution < -0.4 is 15.0 Å². The first-order valence-corrected chi connectivity index (χ1v) is 10.3. The van der Waals surface area contributed by atoms with Gasteiger partial charge in [-0.05, 0) is 36.4 Å². The summed E-state index contributed by atoms with van der Waals surface area (Å²) in [6.07, 6.45) is 2.54. The van der Waals surface area contributed by atoms with Gasteiger partial charge in [0.05, 0.1) is 12.2 Å². The van der Waals surface area contributed by atoms with Crippen molar-refractivity contribution in [1.29, 1.82) is 0 Å². The Hall–Kier alpha value is -3.41. The molecule has 4 rings (SSSR count). The van der Waals surface area contributed by atoms with E-state index < -0.39 is 6.10 Å². The number of fused-ring (bicyclic) bond motifs is 2. The minimum absolute atomic E-state index is 0.0853. The molecule has 30 heavy (non-hydrogen) atoms. The highest BCUT2D eigenvalue weighted by Crippen LogP contribution is 2.34. The van der Waals surface area contributed by atoms with Crippen LogP contribution in [0.25, 0.3) is 10.8 Å². The summed E-state index contributed by atoms with van der Waals surface area (Å²) in [5, 5.41) is 4.76. The van der Waals surface area contributed by atoms with Crippen LogP contribution in [0.4, 0.5) is 5.69 Å². The summed E-state index contributed by atoms with van der Waals surface area (Å²) in [5.41, 5.74) is 1.01. The van der Waals surface area contributed by atoms with E-state index in [0.29, 0.717) is 17.1 Å². The molecule has 0 aliphatic carbocycles. The SMILES string of the molecule is CCC(CC)NC(=O)C1CN(C(=O)c2nccc3ccccc23)c2ccccc2O1. The Morgan fingerprint density at radius 3 is 2.63 bits per heavy atom. The molecule has 1 aliphatic heterocycles. The number of carbonyl (C=O) groups excluding carboxylic acids is 2. The Labute approximate surface area is 175 Å². The number of carbonyl (C=O) groups is 2. The number of hydrogen-bond acceptors (Lipinski definition) is 4. The summed E-state index contributed by atoms with van der Waals surface area (Å²) in [5.74, 6) is 0.0619. The highest BCUT2D eigenvalue weighted by atomic mass is 16.5. The van der Waals surface area contributed by atoms with E-state index in [1.807, 2.05) is 62.4 Å². The number of hydrogen-bond donors (Lipinski definition) is 1. The molecule has 1 N–H and O–H groups in total. The quantitative estimate of drug-likeness (QED) is 0.700. The lowest BCUT2D eigenvalue weighted by Crippen LogP contribution is -2.52. The first-order valence-electron chi connectivity index (χ1n) is 10.3. The van der Waals surface area contributed by atoms with E-state index in [9.17, 15) is 9.59 Å². The number of nitrogens with one attached hydrogen (secondary N) is 1. The third-order valence-corrected chi connectivity index (χ3v) is 5.52. The number of anilines is 1. The molecule has 1 aromatic heterocycles. The molecule has 6 nitrogen and oxygen atoms in total. The highest BCUT2D eigenvalue weighted by Gasteiger charge is 2.35. The van der Waals surface area contributed by atoms with E-state index in [2.05, 4.69) is 10.3 Å². The number of aromatic nitrogens is 1. The molecule has 0 radical (unpaired) electrons. The number of para-hydroxylation sites is 2. The summed E-state index contributed by atoms with van der Waals surface area (Å²) in [4.78, 5) is 32.4. The van der Waals surface area contributed by atoms with Crippen molar-refractivity contribution >= 4 is 28.3 Å². The lowest BCUT2D eigenvalue weighted by atomic mass is 10.1. The summed E-state index contributed by atoms with van der Waals surface area (Å²) in [7, 11) is 0. The first-order chi connectivity index (χ1) is 14.6. The van der Waals surface area contributed by atoms with Gasteiger partial charge in [0, 0.05) is 17.6 Å². The molecule has 0 fully saturated rings. The van der Waals surface area contributed by atoms with Gasteiger partial charge in [0.1, 0.15) is 11.4 Å². The van der Waals surface area contributed by atoms with Crippen LogP contribution in [0.2, 0.25) is 0 Å². The summed E-state index contributed by atoms with van der Waals surface area (Å²) in [6, 6.07) is 16.9. The maximum Gasteiger partial charge on any atom is 0.277 e. The standard InChI is InChI=1S/C24H25N3O3/c1-3-17(4-2)26-23(28)21-15-27(19-11-7-8-12-20(19)30-21)24(29)22-18-10-6-5-9-16(18)13-14-25-22/h5-14,17,21H,3-4,15H2,1-2H3,(H,26,28). The predicted octanol–water partition coefficient (Wildman–Crippen LogP) is 3.95. The van der Waals surface area contributed by atoms with Crippen LogP contribution in [-0.2, 0) is 4.79 Å². The van der Waals surface area contributed by atoms with E-state index >= 15 is 0 Å². The average molecular weight is 403 g/mol. The van der Waals surface area contributed by atoms with Crippen LogP contribution in [0.5, 0.6) is 5.75 Å². The molecule has 6 heteroatoms. The Kier molecular flexibility index (Phi) is 5.65. The number of nitrogens with zero attached hydrogens (tertiary/aromatic N) is 2. The van der Waals surface area contributed by atoms with Gasteiger partial charge in [0.2, 0.25) is 0 Å². The molecule has 2 amide bonds. The predicted molar refractivity (Wildman–Crippen MR) is 117 cm³/mol. The number of rotatable bonds is 5. The van der Waals surface area contributed by atoms with Crippen LogP contribution >= 0.6 is 0 Å². The van der Waals surface area contributed by atoms with Gasteiger partial charge < -0.3 is 10.1 Å². The van der Waals surface area contributed by atoms with Crippen molar-refractivity contribution in [2.75, 3.05) is 11.4 Å². The molecule has 1 atom stereocenters. The minimum Gasteiger partial charge on any atom is -0.477 e. The molecule has 0 bridgehead atoms. The van der Waals surface area contributed by atoms with Crippen LogP contribution in [0, 0.1) is 0 Å². The molecule has 0 saturated carbocycles. The summed E-state index contributed by atoms with van der Waals surface area (Å²) in [6.45, 7) is 4.20. The smallest absolute Gasteiger partial charge is 0.277 e. The number of pyridine rings is 1. The van der Waals surface area contributed by atoms with Gasteiger partial charge in [-0.3, -0.25) is 19.5 Å². The average Bonchev–Trinajstić information content (AvgIpc) is 2.80. The second kappa shape index (κ2) is 8.53. The van der Waals surface area contributed by atoms with Gasteiger partial charge in [0.25, 0.3) is 11.8 Å². The molecule has 154 valence electrons. The fourth-order valence-electron chi connectivity index (χ4n) is 3.77. The monoisotopic (exact) mass is 403 g/mol. The number of benzene rings is 2. The van der Waals surface area contributed by atoms with Crippen molar-refractivity contribution < 1.29 is 14.3 Å². The Bertz CT molecular complexity index is 1070. The fraction of sp³-hybridized carbons (Fsp3) is 0.292. The molecule has 2 aromatic carbocycles. The van der Waals surface area contributed by atoms with Gasteiger partial charge in [-0.25, -0.2) is 0 Å². The molecule has 2 heterocycles. The largest absolute Gasteiger partial charge is 0.477 e. The van der Waals surface area contributed by atoms with E-state index in [1.54, 1.807) is 17.2 Å². The summed E-state index contributed by atoms with van der Waals surface area (Å²) >= 11 is 0. The highest BCUT2D eigenvalue weighted by molar-refractivity contribution is 6.13. The first kappa shape index (κ1) is 19.9. The third-order valence-electron chi connectivity index (χ3n) is 5.52. The molecular weight excluding hydrogens is 378 g/mol. The molecule has 0 saturated heterocycles. The van der Waals surface area contributed by atoms with Crippen molar-refractivity contribution in [3.05, 3.63) is 66.5 Å². The van der Waals surface area contributed by atoms with E-state index in [4.69, 9.17) is 4.74 Å². The summed E-state index contributed by atoms with van der Waals surface area (Å²) < 4.78 is 5.96. The molecule has 0 spiro atoms.